The average molecular weight is 435 g/mol. The first-order valence-corrected chi connectivity index (χ1v) is 10.8. The summed E-state index contributed by atoms with van der Waals surface area (Å²) in [5, 5.41) is 9.71. The van der Waals surface area contributed by atoms with Crippen LogP contribution < -0.4 is 4.87 Å². The average Bonchev–Trinajstić information content (AvgIpc) is 3.28. The molecule has 0 fully saturated rings. The molecule has 0 saturated carbocycles. The fraction of sp³-hybridized carbons (Fsp3) is 0.208. The Hall–Kier alpha value is -3.45. The van der Waals surface area contributed by atoms with Crippen molar-refractivity contribution in [1.29, 1.82) is 0 Å². The lowest BCUT2D eigenvalue weighted by molar-refractivity contribution is 0.0982. The molecule has 0 radical (unpaired) electrons. The molecule has 6 nitrogen and oxygen atoms in total. The van der Waals surface area contributed by atoms with E-state index in [0.29, 0.717) is 35.6 Å². The van der Waals surface area contributed by atoms with E-state index < -0.39 is 0 Å². The number of nitrogens with zero attached hydrogens (tertiary/aromatic N) is 1. The Morgan fingerprint density at radius 3 is 2.45 bits per heavy atom. The van der Waals surface area contributed by atoms with E-state index in [0.717, 1.165) is 33.9 Å². The maximum Gasteiger partial charge on any atom is 0.307 e. The van der Waals surface area contributed by atoms with Gasteiger partial charge >= 0.3 is 4.87 Å². The maximum absolute atomic E-state index is 12.6. The summed E-state index contributed by atoms with van der Waals surface area (Å²) < 4.78 is 5.80. The van der Waals surface area contributed by atoms with Crippen molar-refractivity contribution in [1.82, 2.24) is 9.97 Å². The molecule has 2 aromatic heterocycles. The predicted molar refractivity (Wildman–Crippen MR) is 120 cm³/mol. The number of Topliss-reactive ketones (excluding diaryl/α,β-unsaturated/α-hetero) is 1. The van der Waals surface area contributed by atoms with Crippen LogP contribution in [0.5, 0.6) is 5.88 Å². The summed E-state index contributed by atoms with van der Waals surface area (Å²) in [7, 11) is 0. The highest BCUT2D eigenvalue weighted by molar-refractivity contribution is 7.09. The summed E-state index contributed by atoms with van der Waals surface area (Å²) in [6, 6.07) is 15.2. The molecule has 7 heteroatoms. The number of carbonyl (C=O) groups excluding carboxylic acids is 1. The van der Waals surface area contributed by atoms with Crippen molar-refractivity contribution in [3.63, 3.8) is 0 Å². The standard InChI is InChI=1S/C24H22N2O4S/c1-14-3-7-18(8-4-14)23-25-19(15(2)30-23)11-12-20(27)17-9-5-16(6-10-17)13-21-22(28)26-24(29)31-21/h3-10,28H,11-13H2,1-2H3,(H,26,29). The highest BCUT2D eigenvalue weighted by atomic mass is 32.1. The molecule has 0 aliphatic rings. The van der Waals surface area contributed by atoms with Gasteiger partial charge in [-0.05, 0) is 31.5 Å². The summed E-state index contributed by atoms with van der Waals surface area (Å²) in [6.45, 7) is 3.89. The van der Waals surface area contributed by atoms with Gasteiger partial charge in [-0.25, -0.2) is 4.98 Å². The molecule has 2 heterocycles. The van der Waals surface area contributed by atoms with Crippen molar-refractivity contribution in [3.05, 3.63) is 91.2 Å². The summed E-state index contributed by atoms with van der Waals surface area (Å²) in [5.41, 5.74) is 4.41. The number of oxazole rings is 1. The lowest BCUT2D eigenvalue weighted by Gasteiger charge is -2.03. The molecule has 0 amide bonds. The quantitative estimate of drug-likeness (QED) is 0.407. The lowest BCUT2D eigenvalue weighted by atomic mass is 10.0. The summed E-state index contributed by atoms with van der Waals surface area (Å²) in [5.74, 6) is 1.23. The number of benzene rings is 2. The van der Waals surface area contributed by atoms with Gasteiger partial charge in [-0.2, -0.15) is 0 Å². The number of carbonyl (C=O) groups is 1. The molecule has 2 aromatic carbocycles. The maximum atomic E-state index is 12.6. The Balaban J connectivity index is 1.39. The van der Waals surface area contributed by atoms with E-state index in [-0.39, 0.29) is 16.5 Å². The summed E-state index contributed by atoms with van der Waals surface area (Å²) in [4.78, 5) is 31.2. The number of hydrogen-bond acceptors (Lipinski definition) is 6. The van der Waals surface area contributed by atoms with Crippen LogP contribution in [0.1, 0.15) is 44.2 Å². The zero-order valence-corrected chi connectivity index (χ0v) is 18.1. The van der Waals surface area contributed by atoms with Gasteiger partial charge in [0.15, 0.2) is 5.78 Å². The van der Waals surface area contributed by atoms with Gasteiger partial charge in [-0.1, -0.05) is 53.3 Å². The number of aryl methyl sites for hydroxylation is 3. The number of H-pyrrole nitrogens is 1. The number of thiazole rings is 1. The molecule has 0 atom stereocenters. The van der Waals surface area contributed by atoms with Crippen molar-refractivity contribution in [2.45, 2.75) is 33.1 Å². The molecule has 0 bridgehead atoms. The monoisotopic (exact) mass is 434 g/mol. The van der Waals surface area contributed by atoms with Gasteiger partial charge in [0, 0.05) is 30.4 Å². The topological polar surface area (TPSA) is 96.2 Å². The van der Waals surface area contributed by atoms with Crippen LogP contribution in [0.25, 0.3) is 11.5 Å². The summed E-state index contributed by atoms with van der Waals surface area (Å²) >= 11 is 0.984. The van der Waals surface area contributed by atoms with Crippen LogP contribution in [0.15, 0.2) is 57.7 Å². The molecule has 0 unspecified atom stereocenters. The molecule has 0 aliphatic heterocycles. The number of nitrogens with one attached hydrogen (secondary N) is 1. The predicted octanol–water partition coefficient (Wildman–Crippen LogP) is 4.82. The van der Waals surface area contributed by atoms with Crippen molar-refractivity contribution in [3.8, 4) is 17.3 Å². The van der Waals surface area contributed by atoms with E-state index in [4.69, 9.17) is 4.42 Å². The second kappa shape index (κ2) is 8.73. The molecule has 4 aromatic rings. The SMILES string of the molecule is Cc1ccc(-c2nc(CCC(=O)c3ccc(Cc4sc(=O)[nH]c4O)cc3)c(C)o2)cc1. The molecular formula is C24H22N2O4S. The van der Waals surface area contributed by atoms with Crippen molar-refractivity contribution in [2.75, 3.05) is 0 Å². The third-order valence-corrected chi connectivity index (χ3v) is 5.99. The Morgan fingerprint density at radius 1 is 1.10 bits per heavy atom. The van der Waals surface area contributed by atoms with E-state index in [9.17, 15) is 14.7 Å². The number of aromatic hydroxyl groups is 1. The number of aromatic nitrogens is 2. The molecule has 31 heavy (non-hydrogen) atoms. The highest BCUT2D eigenvalue weighted by Crippen LogP contribution is 2.24. The van der Waals surface area contributed by atoms with E-state index in [1.807, 2.05) is 50.2 Å². The van der Waals surface area contributed by atoms with E-state index in [2.05, 4.69) is 9.97 Å². The zero-order valence-electron chi connectivity index (χ0n) is 17.3. The van der Waals surface area contributed by atoms with Gasteiger partial charge in [0.1, 0.15) is 5.76 Å². The van der Waals surface area contributed by atoms with Crippen molar-refractivity contribution in [2.24, 2.45) is 0 Å². The normalized spacial score (nSPS) is 11.0. The minimum Gasteiger partial charge on any atom is -0.494 e. The zero-order chi connectivity index (χ0) is 22.0. The van der Waals surface area contributed by atoms with Crippen molar-refractivity contribution >= 4 is 17.1 Å². The van der Waals surface area contributed by atoms with Crippen molar-refractivity contribution < 1.29 is 14.3 Å². The molecule has 0 saturated heterocycles. The van der Waals surface area contributed by atoms with Crippen LogP contribution in [-0.4, -0.2) is 20.9 Å². The second-order valence-electron chi connectivity index (χ2n) is 7.47. The van der Waals surface area contributed by atoms with Gasteiger partial charge in [0.05, 0.1) is 10.6 Å². The van der Waals surface area contributed by atoms with E-state index in [1.165, 1.54) is 5.56 Å². The van der Waals surface area contributed by atoms with Gasteiger partial charge in [-0.15, -0.1) is 0 Å². The Labute approximate surface area is 183 Å². The minimum absolute atomic E-state index is 0.0278. The van der Waals surface area contributed by atoms with Gasteiger partial charge < -0.3 is 9.52 Å². The number of ketones is 1. The lowest BCUT2D eigenvalue weighted by Crippen LogP contribution is -2.02. The van der Waals surface area contributed by atoms with Gasteiger partial charge in [0.25, 0.3) is 0 Å². The Morgan fingerprint density at radius 2 is 1.81 bits per heavy atom. The molecule has 0 aliphatic carbocycles. The fourth-order valence-corrected chi connectivity index (χ4v) is 4.08. The molecular weight excluding hydrogens is 412 g/mol. The Bertz CT molecular complexity index is 1260. The van der Waals surface area contributed by atoms with E-state index >= 15 is 0 Å². The van der Waals surface area contributed by atoms with Crippen LogP contribution >= 0.6 is 11.3 Å². The van der Waals surface area contributed by atoms with Crippen LogP contribution in [0.2, 0.25) is 0 Å². The Kier molecular flexibility index (Phi) is 5.86. The smallest absolute Gasteiger partial charge is 0.307 e. The third-order valence-electron chi connectivity index (χ3n) is 5.12. The minimum atomic E-state index is -0.284. The number of hydrogen-bond donors (Lipinski definition) is 2. The molecule has 2 N–H and O–H groups in total. The van der Waals surface area contributed by atoms with Crippen LogP contribution in [0.3, 0.4) is 0 Å². The molecule has 0 spiro atoms. The van der Waals surface area contributed by atoms with Crippen LogP contribution in [0, 0.1) is 13.8 Å². The van der Waals surface area contributed by atoms with Gasteiger partial charge in [-0.3, -0.25) is 14.6 Å². The third kappa shape index (κ3) is 4.83. The number of rotatable bonds is 7. The molecule has 158 valence electrons. The fourth-order valence-electron chi connectivity index (χ4n) is 3.32. The molecule has 4 rings (SSSR count). The second-order valence-corrected chi connectivity index (χ2v) is 8.54. The van der Waals surface area contributed by atoms with Gasteiger partial charge in [0.2, 0.25) is 11.8 Å². The van der Waals surface area contributed by atoms with Crippen LogP contribution in [0.4, 0.5) is 0 Å². The summed E-state index contributed by atoms with van der Waals surface area (Å²) in [6.07, 6.45) is 1.27. The first-order valence-electron chi connectivity index (χ1n) is 9.95. The van der Waals surface area contributed by atoms with Crippen LogP contribution in [-0.2, 0) is 12.8 Å². The first-order chi connectivity index (χ1) is 14.9. The highest BCUT2D eigenvalue weighted by Gasteiger charge is 2.14. The first kappa shape index (κ1) is 20.8. The largest absolute Gasteiger partial charge is 0.494 e. The number of aromatic amines is 1. The van der Waals surface area contributed by atoms with E-state index in [1.54, 1.807) is 12.1 Å².